The summed E-state index contributed by atoms with van der Waals surface area (Å²) in [4.78, 5) is 12.8. The number of aliphatic carboxylic acids is 1. The second-order valence-electron chi connectivity index (χ2n) is 4.95. The lowest BCUT2D eigenvalue weighted by molar-refractivity contribution is -0.137. The van der Waals surface area contributed by atoms with Gasteiger partial charge in [-0.2, -0.15) is 0 Å². The van der Waals surface area contributed by atoms with Crippen LogP contribution in [-0.2, 0) is 11.3 Å². The molecule has 98 valence electrons. The van der Waals surface area contributed by atoms with Crippen LogP contribution in [0.3, 0.4) is 0 Å². The maximum atomic E-state index is 12.8. The molecule has 0 spiro atoms. The molecular formula is C14H18FNO2. The van der Waals surface area contributed by atoms with Crippen molar-refractivity contribution in [1.29, 1.82) is 0 Å². The quantitative estimate of drug-likeness (QED) is 0.809. The average Bonchev–Trinajstić information content (AvgIpc) is 3.13. The van der Waals surface area contributed by atoms with Crippen molar-refractivity contribution < 1.29 is 14.3 Å². The van der Waals surface area contributed by atoms with E-state index in [4.69, 9.17) is 5.11 Å². The average molecular weight is 251 g/mol. The van der Waals surface area contributed by atoms with Crippen LogP contribution in [-0.4, -0.2) is 29.1 Å². The lowest BCUT2D eigenvalue weighted by atomic mass is 10.2. The summed E-state index contributed by atoms with van der Waals surface area (Å²) in [5.74, 6) is -0.285. The number of carbonyl (C=O) groups is 1. The van der Waals surface area contributed by atoms with Crippen LogP contribution in [0.1, 0.15) is 24.8 Å². The largest absolute Gasteiger partial charge is 0.481 e. The van der Waals surface area contributed by atoms with Gasteiger partial charge in [0.25, 0.3) is 0 Å². The summed E-state index contributed by atoms with van der Waals surface area (Å²) in [5, 5.41) is 8.74. The van der Waals surface area contributed by atoms with Gasteiger partial charge in [-0.25, -0.2) is 4.39 Å². The predicted octanol–water partition coefficient (Wildman–Crippen LogP) is 2.51. The van der Waals surface area contributed by atoms with Gasteiger partial charge in [0.05, 0.1) is 6.42 Å². The monoisotopic (exact) mass is 251 g/mol. The van der Waals surface area contributed by atoms with Gasteiger partial charge in [-0.15, -0.1) is 0 Å². The van der Waals surface area contributed by atoms with E-state index in [-0.39, 0.29) is 12.2 Å². The first-order valence-electron chi connectivity index (χ1n) is 6.32. The lowest BCUT2D eigenvalue weighted by Gasteiger charge is -2.21. The first kappa shape index (κ1) is 13.0. The van der Waals surface area contributed by atoms with E-state index in [0.29, 0.717) is 13.1 Å². The molecule has 0 radical (unpaired) electrons. The summed E-state index contributed by atoms with van der Waals surface area (Å²) in [6.07, 6.45) is 2.65. The van der Waals surface area contributed by atoms with Crippen molar-refractivity contribution >= 4 is 5.97 Å². The van der Waals surface area contributed by atoms with Crippen LogP contribution in [0.2, 0.25) is 0 Å². The Labute approximate surface area is 106 Å². The highest BCUT2D eigenvalue weighted by Crippen LogP contribution is 2.30. The highest BCUT2D eigenvalue weighted by Gasteiger charge is 2.24. The zero-order valence-corrected chi connectivity index (χ0v) is 10.3. The molecule has 0 heterocycles. The van der Waals surface area contributed by atoms with Crippen LogP contribution in [0.4, 0.5) is 4.39 Å². The lowest BCUT2D eigenvalue weighted by Crippen LogP contribution is -2.28. The van der Waals surface area contributed by atoms with E-state index < -0.39 is 5.97 Å². The standard InChI is InChI=1S/C14H18FNO2/c15-13-5-3-12(4-6-13)10-16(8-7-14(17)18)9-11-1-2-11/h3-6,11H,1-2,7-10H2,(H,17,18). The molecule has 0 aromatic heterocycles. The van der Waals surface area contributed by atoms with E-state index in [2.05, 4.69) is 4.90 Å². The van der Waals surface area contributed by atoms with Gasteiger partial charge in [0, 0.05) is 19.6 Å². The Morgan fingerprint density at radius 1 is 1.33 bits per heavy atom. The van der Waals surface area contributed by atoms with Crippen LogP contribution in [0, 0.1) is 11.7 Å². The third-order valence-electron chi connectivity index (χ3n) is 3.17. The predicted molar refractivity (Wildman–Crippen MR) is 66.7 cm³/mol. The molecule has 2 rings (SSSR count). The first-order chi connectivity index (χ1) is 8.63. The number of hydrogen-bond donors (Lipinski definition) is 1. The number of halogens is 1. The number of nitrogens with zero attached hydrogens (tertiary/aromatic N) is 1. The third kappa shape index (κ3) is 4.45. The molecule has 3 nitrogen and oxygen atoms in total. The molecule has 1 saturated carbocycles. The summed E-state index contributed by atoms with van der Waals surface area (Å²) in [6.45, 7) is 2.21. The Morgan fingerprint density at radius 3 is 2.56 bits per heavy atom. The second-order valence-corrected chi connectivity index (χ2v) is 4.95. The van der Waals surface area contributed by atoms with Crippen LogP contribution >= 0.6 is 0 Å². The second kappa shape index (κ2) is 5.96. The smallest absolute Gasteiger partial charge is 0.304 e. The van der Waals surface area contributed by atoms with Gasteiger partial charge in [0.1, 0.15) is 5.82 Å². The minimum absolute atomic E-state index is 0.161. The van der Waals surface area contributed by atoms with Crippen molar-refractivity contribution in [2.75, 3.05) is 13.1 Å². The van der Waals surface area contributed by atoms with Gasteiger partial charge in [-0.05, 0) is 36.5 Å². The molecule has 0 bridgehead atoms. The number of rotatable bonds is 7. The molecule has 0 amide bonds. The highest BCUT2D eigenvalue weighted by molar-refractivity contribution is 5.66. The van der Waals surface area contributed by atoms with Gasteiger partial charge in [0.2, 0.25) is 0 Å². The molecule has 4 heteroatoms. The summed E-state index contributed by atoms with van der Waals surface area (Å²) in [5.41, 5.74) is 1.03. The summed E-state index contributed by atoms with van der Waals surface area (Å²) < 4.78 is 12.8. The van der Waals surface area contributed by atoms with E-state index in [1.165, 1.54) is 25.0 Å². The summed E-state index contributed by atoms with van der Waals surface area (Å²) in [6, 6.07) is 6.41. The normalized spacial score (nSPS) is 15.0. The Kier molecular flexibility index (Phi) is 4.31. The van der Waals surface area contributed by atoms with Crippen molar-refractivity contribution in [2.45, 2.75) is 25.8 Å². The topological polar surface area (TPSA) is 40.5 Å². The molecule has 1 N–H and O–H groups in total. The van der Waals surface area contributed by atoms with Crippen LogP contribution < -0.4 is 0 Å². The highest BCUT2D eigenvalue weighted by atomic mass is 19.1. The van der Waals surface area contributed by atoms with Crippen molar-refractivity contribution in [3.05, 3.63) is 35.6 Å². The Bertz CT molecular complexity index is 401. The van der Waals surface area contributed by atoms with E-state index in [1.54, 1.807) is 12.1 Å². The third-order valence-corrected chi connectivity index (χ3v) is 3.17. The van der Waals surface area contributed by atoms with Crippen molar-refractivity contribution in [2.24, 2.45) is 5.92 Å². The van der Waals surface area contributed by atoms with Crippen LogP contribution in [0.5, 0.6) is 0 Å². The fourth-order valence-corrected chi connectivity index (χ4v) is 2.00. The van der Waals surface area contributed by atoms with Crippen LogP contribution in [0.25, 0.3) is 0 Å². The first-order valence-corrected chi connectivity index (χ1v) is 6.32. The fourth-order valence-electron chi connectivity index (χ4n) is 2.00. The Balaban J connectivity index is 1.90. The van der Waals surface area contributed by atoms with E-state index >= 15 is 0 Å². The minimum Gasteiger partial charge on any atom is -0.481 e. The maximum Gasteiger partial charge on any atom is 0.304 e. The number of hydrogen-bond acceptors (Lipinski definition) is 2. The molecule has 0 aliphatic heterocycles. The number of carboxylic acids is 1. The van der Waals surface area contributed by atoms with Crippen molar-refractivity contribution in [3.63, 3.8) is 0 Å². The minimum atomic E-state index is -0.769. The zero-order valence-electron chi connectivity index (χ0n) is 10.3. The van der Waals surface area contributed by atoms with Crippen LogP contribution in [0.15, 0.2) is 24.3 Å². The molecule has 1 aliphatic carbocycles. The molecule has 1 fully saturated rings. The van der Waals surface area contributed by atoms with E-state index in [1.807, 2.05) is 0 Å². The summed E-state index contributed by atoms with van der Waals surface area (Å²) >= 11 is 0. The maximum absolute atomic E-state index is 12.8. The Hall–Kier alpha value is -1.42. The van der Waals surface area contributed by atoms with E-state index in [0.717, 1.165) is 18.0 Å². The number of carboxylic acid groups (broad SMARTS) is 1. The van der Waals surface area contributed by atoms with Gasteiger partial charge in [-0.3, -0.25) is 9.69 Å². The van der Waals surface area contributed by atoms with Crippen molar-refractivity contribution in [3.8, 4) is 0 Å². The summed E-state index contributed by atoms with van der Waals surface area (Å²) in [7, 11) is 0. The van der Waals surface area contributed by atoms with Gasteiger partial charge in [-0.1, -0.05) is 12.1 Å². The molecule has 0 atom stereocenters. The zero-order chi connectivity index (χ0) is 13.0. The van der Waals surface area contributed by atoms with E-state index in [9.17, 15) is 9.18 Å². The van der Waals surface area contributed by atoms with Gasteiger partial charge >= 0.3 is 5.97 Å². The fraction of sp³-hybridized carbons (Fsp3) is 0.500. The number of benzene rings is 1. The van der Waals surface area contributed by atoms with Gasteiger partial charge < -0.3 is 5.11 Å². The SMILES string of the molecule is O=C(O)CCN(Cc1ccc(F)cc1)CC1CC1. The molecule has 18 heavy (non-hydrogen) atoms. The molecule has 1 aromatic rings. The molecule has 0 unspecified atom stereocenters. The van der Waals surface area contributed by atoms with Gasteiger partial charge in [0.15, 0.2) is 0 Å². The van der Waals surface area contributed by atoms with Crippen molar-refractivity contribution in [1.82, 2.24) is 4.90 Å². The molecule has 1 aliphatic rings. The molecule has 1 aromatic carbocycles. The molecule has 0 saturated heterocycles. The molecular weight excluding hydrogens is 233 g/mol. The Morgan fingerprint density at radius 2 is 2.00 bits per heavy atom.